The second-order valence-electron chi connectivity index (χ2n) is 6.18. The zero-order chi connectivity index (χ0) is 18.5. The van der Waals surface area contributed by atoms with Crippen LogP contribution in [-0.4, -0.2) is 55.2 Å². The fourth-order valence-corrected chi connectivity index (χ4v) is 9.55. The Bertz CT molecular complexity index is 376. The Balaban J connectivity index is 1.44. The summed E-state index contributed by atoms with van der Waals surface area (Å²) >= 11 is 2.77. The monoisotopic (exact) mass is 472 g/mol. The lowest BCUT2D eigenvalue weighted by Gasteiger charge is -2.16. The van der Waals surface area contributed by atoms with Crippen LogP contribution < -0.4 is 0 Å². The molecule has 0 bridgehead atoms. The molecule has 0 N–H and O–H groups in total. The number of hydrogen-bond donors (Lipinski definition) is 0. The summed E-state index contributed by atoms with van der Waals surface area (Å²) in [6, 6.07) is 0. The Morgan fingerprint density at radius 1 is 0.577 bits per heavy atom. The van der Waals surface area contributed by atoms with Gasteiger partial charge in [-0.1, -0.05) is 47.3 Å². The minimum absolute atomic E-state index is 0.183. The maximum absolute atomic E-state index is 12.0. The van der Waals surface area contributed by atoms with E-state index in [1.54, 1.807) is 21.6 Å². The topological polar surface area (TPSA) is 40.6 Å². The average Bonchev–Trinajstić information content (AvgIpc) is 3.03. The molecule has 0 unspecified atom stereocenters. The van der Waals surface area contributed by atoms with E-state index in [1.165, 1.54) is 96.9 Å². The van der Waals surface area contributed by atoms with Crippen LogP contribution in [0.25, 0.3) is 0 Å². The van der Waals surface area contributed by atoms with Gasteiger partial charge in [0.1, 0.15) is 0 Å². The lowest BCUT2D eigenvalue weighted by atomic mass is 10.2. The fraction of sp³-hybridized carbons (Fsp3) is 0.875. The van der Waals surface area contributed by atoms with E-state index >= 15 is 0 Å². The molecule has 0 amide bonds. The second-order valence-corrected chi connectivity index (χ2v) is 13.6. The number of carbonyl (C=O) groups is 2. The molecule has 26 heavy (non-hydrogen) atoms. The van der Waals surface area contributed by atoms with Crippen molar-refractivity contribution in [3.8, 4) is 0 Å². The van der Waals surface area contributed by atoms with Crippen molar-refractivity contribution < 1.29 is 9.59 Å². The third-order valence-electron chi connectivity index (χ3n) is 4.04. The minimum Gasteiger partial charge on any atom is -0.272 e. The Kier molecular flexibility index (Phi) is 13.8. The molecule has 0 radical (unpaired) electrons. The molecule has 0 saturated carbocycles. The molecule has 2 heterocycles. The highest BCUT2D eigenvalue weighted by Crippen LogP contribution is 2.35. The van der Waals surface area contributed by atoms with E-state index in [0.717, 1.165) is 37.7 Å². The quantitative estimate of drug-likeness (QED) is 0.219. The summed E-state index contributed by atoms with van der Waals surface area (Å²) in [6.45, 7) is 4.13. The highest BCUT2D eigenvalue weighted by atomic mass is 33.1. The van der Waals surface area contributed by atoms with Crippen molar-refractivity contribution in [1.82, 2.24) is 8.61 Å². The van der Waals surface area contributed by atoms with Crippen molar-refractivity contribution in [3.63, 3.8) is 0 Å². The zero-order valence-corrected chi connectivity index (χ0v) is 20.0. The van der Waals surface area contributed by atoms with Crippen molar-refractivity contribution >= 4 is 76.0 Å². The highest BCUT2D eigenvalue weighted by Gasteiger charge is 2.16. The van der Waals surface area contributed by atoms with E-state index in [1.807, 2.05) is 0 Å². The van der Waals surface area contributed by atoms with Crippen molar-refractivity contribution in [2.24, 2.45) is 0 Å². The smallest absolute Gasteiger partial charge is 0.271 e. The third-order valence-corrected chi connectivity index (χ3v) is 11.3. The molecule has 4 nitrogen and oxygen atoms in total. The number of rotatable bonds is 7. The van der Waals surface area contributed by atoms with Crippen LogP contribution >= 0.6 is 67.1 Å². The summed E-state index contributed by atoms with van der Waals surface area (Å²) in [5.74, 6) is 1.77. The van der Waals surface area contributed by atoms with Crippen LogP contribution in [0.1, 0.15) is 51.4 Å². The molecule has 0 spiro atoms. The van der Waals surface area contributed by atoms with Crippen molar-refractivity contribution in [1.29, 1.82) is 0 Å². The molecular formula is C16H28N2O2S6. The van der Waals surface area contributed by atoms with Gasteiger partial charge in [0, 0.05) is 61.6 Å². The van der Waals surface area contributed by atoms with Gasteiger partial charge in [0.05, 0.1) is 0 Å². The molecule has 2 saturated heterocycles. The molecule has 0 aliphatic carbocycles. The standard InChI is InChI=1S/C16H28N2O2S6/c19-15(23-17-9-5-1-2-6-10-17)25-21-13-14-22-26-16(20)24-18-11-7-3-4-8-12-18/h1-14H2. The molecule has 2 fully saturated rings. The van der Waals surface area contributed by atoms with E-state index in [9.17, 15) is 9.59 Å². The summed E-state index contributed by atoms with van der Waals surface area (Å²) < 4.78 is 4.79. The zero-order valence-electron chi connectivity index (χ0n) is 15.1. The molecule has 0 aromatic heterocycles. The molecule has 2 rings (SSSR count). The average molecular weight is 473 g/mol. The summed E-state index contributed by atoms with van der Waals surface area (Å²) in [6.07, 6.45) is 9.97. The van der Waals surface area contributed by atoms with Gasteiger partial charge >= 0.3 is 0 Å². The predicted molar refractivity (Wildman–Crippen MR) is 126 cm³/mol. The van der Waals surface area contributed by atoms with Gasteiger partial charge in [0.2, 0.25) is 0 Å². The van der Waals surface area contributed by atoms with Gasteiger partial charge in [-0.25, -0.2) is 8.61 Å². The Labute approximate surface area is 182 Å². The Morgan fingerprint density at radius 3 is 1.27 bits per heavy atom. The predicted octanol–water partition coefficient (Wildman–Crippen LogP) is 7.04. The first kappa shape index (κ1) is 23.6. The first-order valence-corrected chi connectivity index (χ1v) is 15.5. The van der Waals surface area contributed by atoms with Gasteiger partial charge in [-0.2, -0.15) is 0 Å². The molecule has 10 heteroatoms. The van der Waals surface area contributed by atoms with Crippen molar-refractivity contribution in [3.05, 3.63) is 0 Å². The van der Waals surface area contributed by atoms with E-state index in [4.69, 9.17) is 0 Å². The van der Waals surface area contributed by atoms with E-state index < -0.39 is 0 Å². The molecule has 0 aromatic carbocycles. The maximum atomic E-state index is 12.0. The highest BCUT2D eigenvalue weighted by molar-refractivity contribution is 8.87. The van der Waals surface area contributed by atoms with Gasteiger partial charge < -0.3 is 0 Å². The van der Waals surface area contributed by atoms with Crippen LogP contribution in [0.4, 0.5) is 9.59 Å². The van der Waals surface area contributed by atoms with Crippen molar-refractivity contribution in [2.75, 3.05) is 37.7 Å². The first-order valence-electron chi connectivity index (χ1n) is 9.27. The van der Waals surface area contributed by atoms with E-state index in [-0.39, 0.29) is 8.89 Å². The van der Waals surface area contributed by atoms with Crippen LogP contribution in [0, 0.1) is 0 Å². The number of nitrogens with zero attached hydrogens (tertiary/aromatic N) is 2. The van der Waals surface area contributed by atoms with E-state index in [2.05, 4.69) is 8.61 Å². The van der Waals surface area contributed by atoms with Crippen LogP contribution in [0.15, 0.2) is 0 Å². The fourth-order valence-electron chi connectivity index (χ4n) is 2.75. The van der Waals surface area contributed by atoms with Crippen molar-refractivity contribution in [2.45, 2.75) is 51.4 Å². The van der Waals surface area contributed by atoms with Crippen LogP contribution in [0.5, 0.6) is 0 Å². The van der Waals surface area contributed by atoms with E-state index in [0.29, 0.717) is 0 Å². The summed E-state index contributed by atoms with van der Waals surface area (Å²) in [5, 5.41) is 0. The van der Waals surface area contributed by atoms with Gasteiger partial charge in [-0.05, 0) is 47.3 Å². The van der Waals surface area contributed by atoms with Crippen LogP contribution in [-0.2, 0) is 0 Å². The second kappa shape index (κ2) is 15.2. The molecular weight excluding hydrogens is 445 g/mol. The van der Waals surface area contributed by atoms with Gasteiger partial charge in [-0.15, -0.1) is 0 Å². The van der Waals surface area contributed by atoms with Gasteiger partial charge in [0.15, 0.2) is 0 Å². The lowest BCUT2D eigenvalue weighted by molar-refractivity contribution is 0.275. The van der Waals surface area contributed by atoms with Gasteiger partial charge in [-0.3, -0.25) is 9.59 Å². The molecule has 2 aliphatic rings. The molecule has 0 atom stereocenters. The molecule has 150 valence electrons. The summed E-state index contributed by atoms with van der Waals surface area (Å²) in [7, 11) is 5.89. The molecule has 0 aromatic rings. The number of carbonyl (C=O) groups excluding carboxylic acids is 2. The summed E-state index contributed by atoms with van der Waals surface area (Å²) in [5.41, 5.74) is 0. The van der Waals surface area contributed by atoms with Crippen LogP contribution in [0.3, 0.4) is 0 Å². The molecule has 2 aliphatic heterocycles. The number of hydrogen-bond acceptors (Lipinski definition) is 10. The SMILES string of the molecule is O=C(SSCCSSC(=O)SN1CCCCCC1)SN1CCCCCC1. The van der Waals surface area contributed by atoms with Gasteiger partial charge in [0.25, 0.3) is 8.89 Å². The van der Waals surface area contributed by atoms with Crippen LogP contribution in [0.2, 0.25) is 0 Å². The first-order chi connectivity index (χ1) is 12.7. The maximum Gasteiger partial charge on any atom is 0.271 e. The summed E-state index contributed by atoms with van der Waals surface area (Å²) in [4.78, 5) is 24.0. The largest absolute Gasteiger partial charge is 0.272 e. The normalized spacial score (nSPS) is 20.5. The lowest BCUT2D eigenvalue weighted by Crippen LogP contribution is -2.17. The third kappa shape index (κ3) is 11.4. The Hall–Kier alpha value is 1.36. The Morgan fingerprint density at radius 2 is 0.923 bits per heavy atom. The minimum atomic E-state index is 0.183.